The Morgan fingerprint density at radius 1 is 1.15 bits per heavy atom. The molecule has 0 aromatic heterocycles. The maximum atomic E-state index is 10.0. The van der Waals surface area contributed by atoms with Crippen molar-refractivity contribution in [2.45, 2.75) is 64.4 Å². The molecule has 4 heteroatoms. The van der Waals surface area contributed by atoms with Gasteiger partial charge < -0.3 is 15.3 Å². The molecule has 0 amide bonds. The Bertz CT molecular complexity index is 555. The quantitative estimate of drug-likeness (QED) is 0.503. The van der Waals surface area contributed by atoms with Crippen molar-refractivity contribution in [2.75, 3.05) is 19.7 Å². The number of nitrogens with one attached hydrogen (secondary N) is 1. The minimum Gasteiger partial charge on any atom is -0.393 e. The van der Waals surface area contributed by atoms with E-state index in [9.17, 15) is 5.11 Å². The first-order valence-electron chi connectivity index (χ1n) is 10.1. The largest absolute Gasteiger partial charge is 0.393 e. The van der Waals surface area contributed by atoms with Crippen LogP contribution in [0.25, 0.3) is 6.08 Å². The number of nitrogens with zero attached hydrogens (tertiary/aromatic N) is 1. The van der Waals surface area contributed by atoms with E-state index in [2.05, 4.69) is 47.7 Å². The van der Waals surface area contributed by atoms with Crippen LogP contribution in [0.1, 0.15) is 63.9 Å². The number of aliphatic hydroxyl groups excluding tert-OH is 1. The number of rotatable bonds is 9. The summed E-state index contributed by atoms with van der Waals surface area (Å²) in [6, 6.07) is 10.4. The van der Waals surface area contributed by atoms with Gasteiger partial charge in [0.25, 0.3) is 0 Å². The Balaban J connectivity index is 1.93. The van der Waals surface area contributed by atoms with E-state index < -0.39 is 6.10 Å². The highest BCUT2D eigenvalue weighted by Gasteiger charge is 2.12. The Morgan fingerprint density at radius 2 is 1.92 bits per heavy atom. The van der Waals surface area contributed by atoms with Gasteiger partial charge in [-0.2, -0.15) is 0 Å². The molecular formula is C22H34N2O2. The van der Waals surface area contributed by atoms with Crippen LogP contribution in [0.5, 0.6) is 0 Å². The topological polar surface area (TPSA) is 53.8 Å². The maximum Gasteiger partial charge on any atom is 0.144 e. The van der Waals surface area contributed by atoms with Crippen LogP contribution >= 0.6 is 0 Å². The second-order valence-electron chi connectivity index (χ2n) is 7.04. The van der Waals surface area contributed by atoms with E-state index in [4.69, 9.17) is 4.84 Å². The molecule has 144 valence electrons. The van der Waals surface area contributed by atoms with Crippen LogP contribution in [0.4, 0.5) is 0 Å². The first kappa shape index (κ1) is 20.7. The molecule has 0 radical (unpaired) electrons. The van der Waals surface area contributed by atoms with Gasteiger partial charge in [-0.3, -0.25) is 0 Å². The van der Waals surface area contributed by atoms with E-state index in [0.717, 1.165) is 44.4 Å². The number of benzene rings is 1. The number of hydrogen-bond donors (Lipinski definition) is 2. The molecule has 1 fully saturated rings. The lowest BCUT2D eigenvalue weighted by molar-refractivity contribution is 0.0401. The molecule has 2 rings (SSSR count). The third-order valence-corrected chi connectivity index (χ3v) is 4.65. The lowest BCUT2D eigenvalue weighted by Gasteiger charge is -2.16. The SMILES string of the molecule is CCCCNCC(O)CO/N=C1\CCCCCC\C1=C\c1ccccc1. The summed E-state index contributed by atoms with van der Waals surface area (Å²) in [5.41, 5.74) is 3.52. The number of allylic oxidation sites excluding steroid dienone is 1. The summed E-state index contributed by atoms with van der Waals surface area (Å²) < 4.78 is 0. The van der Waals surface area contributed by atoms with E-state index in [1.54, 1.807) is 0 Å². The van der Waals surface area contributed by atoms with Crippen molar-refractivity contribution < 1.29 is 9.94 Å². The van der Waals surface area contributed by atoms with Gasteiger partial charge in [0.1, 0.15) is 12.7 Å². The number of aliphatic hydroxyl groups is 1. The number of oxime groups is 1. The van der Waals surface area contributed by atoms with Crippen molar-refractivity contribution in [2.24, 2.45) is 5.16 Å². The van der Waals surface area contributed by atoms with Crippen LogP contribution in [-0.2, 0) is 4.84 Å². The Labute approximate surface area is 158 Å². The van der Waals surface area contributed by atoms with E-state index in [1.807, 2.05) is 6.07 Å². The Morgan fingerprint density at radius 3 is 2.69 bits per heavy atom. The van der Waals surface area contributed by atoms with E-state index in [0.29, 0.717) is 6.54 Å². The minimum atomic E-state index is -0.522. The second kappa shape index (κ2) is 12.7. The van der Waals surface area contributed by atoms with Crippen molar-refractivity contribution in [3.63, 3.8) is 0 Å². The first-order chi connectivity index (χ1) is 12.8. The van der Waals surface area contributed by atoms with Gasteiger partial charge in [-0.25, -0.2) is 0 Å². The predicted octanol–water partition coefficient (Wildman–Crippen LogP) is 4.55. The first-order valence-corrected chi connectivity index (χ1v) is 10.1. The molecule has 1 aliphatic carbocycles. The highest BCUT2D eigenvalue weighted by Crippen LogP contribution is 2.22. The van der Waals surface area contributed by atoms with Crippen molar-refractivity contribution in [3.8, 4) is 0 Å². The Kier molecular flexibility index (Phi) is 10.1. The predicted molar refractivity (Wildman–Crippen MR) is 109 cm³/mol. The fourth-order valence-corrected chi connectivity index (χ4v) is 3.11. The normalized spacial score (nSPS) is 19.9. The lowest BCUT2D eigenvalue weighted by Crippen LogP contribution is -2.30. The summed E-state index contributed by atoms with van der Waals surface area (Å²) >= 11 is 0. The van der Waals surface area contributed by atoms with Gasteiger partial charge in [0.05, 0.1) is 5.71 Å². The van der Waals surface area contributed by atoms with Crippen molar-refractivity contribution in [1.82, 2.24) is 5.32 Å². The van der Waals surface area contributed by atoms with Crippen molar-refractivity contribution in [3.05, 3.63) is 41.5 Å². The summed E-state index contributed by atoms with van der Waals surface area (Å²) in [4.78, 5) is 5.51. The summed E-state index contributed by atoms with van der Waals surface area (Å²) in [7, 11) is 0. The zero-order valence-electron chi connectivity index (χ0n) is 16.1. The zero-order chi connectivity index (χ0) is 18.5. The standard InChI is InChI=1S/C22H34N2O2/c1-2-3-15-23-17-21(25)18-26-24-22-14-10-5-4-9-13-20(22)16-19-11-7-6-8-12-19/h6-8,11-12,16,21,23,25H,2-5,9-10,13-15,17-18H2,1H3/b20-16-,24-22+. The molecule has 1 aromatic rings. The average Bonchev–Trinajstić information content (AvgIpc) is 2.64. The Hall–Kier alpha value is -1.65. The van der Waals surface area contributed by atoms with Crippen LogP contribution < -0.4 is 5.32 Å². The number of unbranched alkanes of at least 4 members (excludes halogenated alkanes) is 1. The molecular weight excluding hydrogens is 324 g/mol. The summed E-state index contributed by atoms with van der Waals surface area (Å²) in [6.07, 6.45) is 10.9. The molecule has 0 saturated heterocycles. The van der Waals surface area contributed by atoms with Crippen LogP contribution in [-0.4, -0.2) is 36.6 Å². The number of hydrogen-bond acceptors (Lipinski definition) is 4. The molecule has 1 atom stereocenters. The van der Waals surface area contributed by atoms with E-state index in [1.165, 1.54) is 30.4 Å². The van der Waals surface area contributed by atoms with Gasteiger partial charge in [-0.15, -0.1) is 0 Å². The van der Waals surface area contributed by atoms with Crippen LogP contribution in [0.3, 0.4) is 0 Å². The average molecular weight is 359 g/mol. The van der Waals surface area contributed by atoms with Crippen molar-refractivity contribution in [1.29, 1.82) is 0 Å². The molecule has 0 bridgehead atoms. The van der Waals surface area contributed by atoms with Gasteiger partial charge in [0, 0.05) is 6.54 Å². The van der Waals surface area contributed by atoms with E-state index >= 15 is 0 Å². The van der Waals surface area contributed by atoms with E-state index in [-0.39, 0.29) is 6.61 Å². The molecule has 1 saturated carbocycles. The molecule has 2 N–H and O–H groups in total. The molecule has 0 aliphatic heterocycles. The van der Waals surface area contributed by atoms with Crippen LogP contribution in [0.2, 0.25) is 0 Å². The molecule has 4 nitrogen and oxygen atoms in total. The van der Waals surface area contributed by atoms with Gasteiger partial charge in [-0.05, 0) is 55.9 Å². The minimum absolute atomic E-state index is 0.237. The third kappa shape index (κ3) is 8.15. The smallest absolute Gasteiger partial charge is 0.144 e. The summed E-state index contributed by atoms with van der Waals surface area (Å²) in [5, 5.41) is 17.7. The lowest BCUT2D eigenvalue weighted by atomic mass is 9.93. The fourth-order valence-electron chi connectivity index (χ4n) is 3.11. The van der Waals surface area contributed by atoms with Crippen LogP contribution in [0.15, 0.2) is 41.1 Å². The second-order valence-corrected chi connectivity index (χ2v) is 7.04. The molecule has 1 aliphatic rings. The molecule has 0 heterocycles. The monoisotopic (exact) mass is 358 g/mol. The molecule has 1 unspecified atom stereocenters. The van der Waals surface area contributed by atoms with Crippen LogP contribution in [0, 0.1) is 0 Å². The highest BCUT2D eigenvalue weighted by atomic mass is 16.6. The van der Waals surface area contributed by atoms with Gasteiger partial charge in [0.2, 0.25) is 0 Å². The van der Waals surface area contributed by atoms with Gasteiger partial charge >= 0.3 is 0 Å². The van der Waals surface area contributed by atoms with Gasteiger partial charge in [-0.1, -0.05) is 61.7 Å². The molecule has 0 spiro atoms. The highest BCUT2D eigenvalue weighted by molar-refractivity contribution is 6.03. The molecule has 26 heavy (non-hydrogen) atoms. The third-order valence-electron chi connectivity index (χ3n) is 4.65. The van der Waals surface area contributed by atoms with Gasteiger partial charge in [0.15, 0.2) is 0 Å². The van der Waals surface area contributed by atoms with Crippen molar-refractivity contribution >= 4 is 11.8 Å². The maximum absolute atomic E-state index is 10.0. The summed E-state index contributed by atoms with van der Waals surface area (Å²) in [6.45, 7) is 3.89. The molecule has 1 aromatic carbocycles. The summed E-state index contributed by atoms with van der Waals surface area (Å²) in [5.74, 6) is 0. The fraction of sp³-hybridized carbons (Fsp3) is 0.591. The zero-order valence-corrected chi connectivity index (χ0v) is 16.1.